The zero-order chi connectivity index (χ0) is 32.6. The van der Waals surface area contributed by atoms with Gasteiger partial charge < -0.3 is 0 Å². The second-order valence-electron chi connectivity index (χ2n) is 14.4. The van der Waals surface area contributed by atoms with Crippen molar-refractivity contribution in [2.75, 3.05) is 6.61 Å². The number of rotatable bonds is 23. The van der Waals surface area contributed by atoms with E-state index < -0.39 is 24.8 Å². The molecule has 0 aromatic heterocycles. The van der Waals surface area contributed by atoms with E-state index in [4.69, 9.17) is 4.74 Å². The Morgan fingerprint density at radius 2 is 1.09 bits per heavy atom. The summed E-state index contributed by atoms with van der Waals surface area (Å²) in [6.45, 7) is 13.8. The zero-order valence-corrected chi connectivity index (χ0v) is 29.3. The second kappa shape index (κ2) is 18.7. The summed E-state index contributed by atoms with van der Waals surface area (Å²) in [5.74, 6) is -0.215. The summed E-state index contributed by atoms with van der Waals surface area (Å²) in [5.41, 5.74) is 0.325. The third-order valence-corrected chi connectivity index (χ3v) is 8.41. The average Bonchev–Trinajstić information content (AvgIpc) is 2.87. The summed E-state index contributed by atoms with van der Waals surface area (Å²) in [6.07, 6.45) is 21.1. The molecule has 1 unspecified atom stereocenters. The van der Waals surface area contributed by atoms with Gasteiger partial charge >= 0.3 is 172 Å². The monoisotopic (exact) mass is 632 g/mol. The van der Waals surface area contributed by atoms with Gasteiger partial charge in [-0.05, 0) is 0 Å². The molecule has 0 fully saturated rings. The van der Waals surface area contributed by atoms with Crippen LogP contribution in [0.3, 0.4) is 0 Å². The fourth-order valence-electron chi connectivity index (χ4n) is 5.43. The Morgan fingerprint density at radius 1 is 0.721 bits per heavy atom. The van der Waals surface area contributed by atoms with Crippen molar-refractivity contribution in [2.45, 2.75) is 175 Å². The summed E-state index contributed by atoms with van der Waals surface area (Å²) < 4.78 is 38.5. The number of ether oxygens (including phenoxy) is 1. The van der Waals surface area contributed by atoms with Crippen molar-refractivity contribution in [2.24, 2.45) is 0 Å². The molecule has 0 radical (unpaired) electrons. The van der Waals surface area contributed by atoms with E-state index in [0.717, 1.165) is 24.7 Å². The predicted molar refractivity (Wildman–Crippen MR) is 177 cm³/mol. The Balaban J connectivity index is 2.49. The Bertz CT molecular complexity index is 887. The summed E-state index contributed by atoms with van der Waals surface area (Å²) in [5, 5.41) is 0. The van der Waals surface area contributed by atoms with E-state index in [1.165, 1.54) is 89.9 Å². The van der Waals surface area contributed by atoms with Gasteiger partial charge in [0.1, 0.15) is 0 Å². The van der Waals surface area contributed by atoms with Crippen LogP contribution in [0.2, 0.25) is 0 Å². The summed E-state index contributed by atoms with van der Waals surface area (Å²) in [7, 11) is -7.28. The van der Waals surface area contributed by atoms with Crippen LogP contribution < -0.4 is 4.52 Å². The second-order valence-corrected chi connectivity index (χ2v) is 16.1. The van der Waals surface area contributed by atoms with Gasteiger partial charge in [0.25, 0.3) is 0 Å². The van der Waals surface area contributed by atoms with Crippen molar-refractivity contribution in [3.8, 4) is 5.75 Å². The molecule has 1 aromatic carbocycles. The first kappa shape index (κ1) is 39.9. The van der Waals surface area contributed by atoms with Crippen molar-refractivity contribution >= 4 is 14.2 Å². The molecule has 1 atom stereocenters. The molecule has 0 bridgehead atoms. The van der Waals surface area contributed by atoms with Gasteiger partial charge in [0.15, 0.2) is 0 Å². The van der Waals surface area contributed by atoms with Crippen molar-refractivity contribution in [3.05, 3.63) is 28.8 Å². The molecule has 0 saturated heterocycles. The molecule has 0 aliphatic heterocycles. The van der Waals surface area contributed by atoms with Gasteiger partial charge in [-0.1, -0.05) is 90.4 Å². The van der Waals surface area contributed by atoms with Crippen LogP contribution in [0.25, 0.3) is 0 Å². The molecular weight excluding hydrogens is 569 g/mol. The number of unbranched alkanes of at least 4 members (excludes halogenated alkanes) is 15. The Hall–Kier alpha value is -1.14. The Kier molecular flexibility index (Phi) is 17.4. The summed E-state index contributed by atoms with van der Waals surface area (Å²) >= 11 is 0. The van der Waals surface area contributed by atoms with Crippen LogP contribution in [0.4, 0.5) is 8.39 Å². The van der Waals surface area contributed by atoms with Crippen LogP contribution in [0, 0.1) is 0 Å². The van der Waals surface area contributed by atoms with Gasteiger partial charge in [0, 0.05) is 0 Å². The van der Waals surface area contributed by atoms with Crippen LogP contribution in [-0.2, 0) is 26.8 Å². The Morgan fingerprint density at radius 3 is 1.42 bits per heavy atom. The molecule has 0 spiro atoms. The minimum absolute atomic E-state index is 0.215. The molecule has 43 heavy (non-hydrogen) atoms. The third-order valence-electron chi connectivity index (χ3n) is 7.93. The molecule has 2 N–H and O–H groups in total. The van der Waals surface area contributed by atoms with Crippen molar-refractivity contribution in [1.29, 1.82) is 0 Å². The van der Waals surface area contributed by atoms with Crippen LogP contribution >= 0.6 is 7.91 Å². The van der Waals surface area contributed by atoms with Gasteiger partial charge in [0.05, 0.1) is 0 Å². The fourth-order valence-corrected chi connectivity index (χ4v) is 5.93. The van der Waals surface area contributed by atoms with E-state index in [-0.39, 0.29) is 5.75 Å². The minimum atomic E-state index is -7.28. The van der Waals surface area contributed by atoms with Crippen molar-refractivity contribution < 1.29 is 32.2 Å². The fraction of sp³-hybridized carbons (Fsp3) is 0.800. The van der Waals surface area contributed by atoms with E-state index in [9.17, 15) is 23.0 Å². The standard InChI is InChI=1S/C35H63F2O5P/c1-8-9-10-11-12-13-14-15-16-17-18-19-20-21-22-23-24-41-30(28-38)25-29-26-31(34(2,3)4)33(42-43(36,37,39)40)32(27-29)35(5,6)7/h26-28,30,39-40H,8-25H2,1-7H3. The summed E-state index contributed by atoms with van der Waals surface area (Å²) in [6, 6.07) is 3.42. The topological polar surface area (TPSA) is 76.0 Å². The van der Waals surface area contributed by atoms with Crippen LogP contribution in [0.15, 0.2) is 12.1 Å². The first-order valence-electron chi connectivity index (χ1n) is 16.8. The van der Waals surface area contributed by atoms with Gasteiger partial charge in [-0.15, -0.1) is 0 Å². The maximum atomic E-state index is 13.9. The van der Waals surface area contributed by atoms with Gasteiger partial charge in [0.2, 0.25) is 0 Å². The number of halogens is 2. The number of hydrogen-bond donors (Lipinski definition) is 2. The van der Waals surface area contributed by atoms with E-state index >= 15 is 0 Å². The molecule has 1 rings (SSSR count). The van der Waals surface area contributed by atoms with E-state index in [1.807, 2.05) is 41.5 Å². The first-order chi connectivity index (χ1) is 19.9. The van der Waals surface area contributed by atoms with Crippen LogP contribution in [0.1, 0.15) is 168 Å². The predicted octanol–water partition coefficient (Wildman–Crippen LogP) is 11.1. The number of carbonyl (C=O) groups excluding carboxylic acids is 1. The number of carbonyl (C=O) groups is 1. The molecule has 5 nitrogen and oxygen atoms in total. The molecule has 0 aliphatic rings. The molecule has 0 amide bonds. The molecule has 8 heteroatoms. The molecule has 0 heterocycles. The summed E-state index contributed by atoms with van der Waals surface area (Å²) in [4.78, 5) is 30.5. The average molecular weight is 633 g/mol. The number of aldehydes is 1. The Labute approximate surface area is 261 Å². The van der Waals surface area contributed by atoms with Gasteiger partial charge in [-0.25, -0.2) is 0 Å². The van der Waals surface area contributed by atoms with E-state index in [2.05, 4.69) is 11.4 Å². The third kappa shape index (κ3) is 18.4. The van der Waals surface area contributed by atoms with E-state index in [1.54, 1.807) is 12.1 Å². The van der Waals surface area contributed by atoms with E-state index in [0.29, 0.717) is 24.2 Å². The van der Waals surface area contributed by atoms with Crippen molar-refractivity contribution in [3.63, 3.8) is 0 Å². The number of benzene rings is 1. The van der Waals surface area contributed by atoms with Gasteiger partial charge in [-0.3, -0.25) is 0 Å². The van der Waals surface area contributed by atoms with Crippen molar-refractivity contribution in [1.82, 2.24) is 0 Å². The first-order valence-corrected chi connectivity index (χ1v) is 18.7. The van der Waals surface area contributed by atoms with Crippen LogP contribution in [0.5, 0.6) is 5.75 Å². The molecule has 1 aromatic rings. The normalized spacial score (nSPS) is 14.3. The maximum absolute atomic E-state index is 13.9. The zero-order valence-electron chi connectivity index (χ0n) is 28.4. The quantitative estimate of drug-likeness (QED) is 0.0713. The molecule has 0 saturated carbocycles. The number of hydrogen-bond acceptors (Lipinski definition) is 5. The molecule has 252 valence electrons. The van der Waals surface area contributed by atoms with Gasteiger partial charge in [-0.2, -0.15) is 0 Å². The molecule has 0 aliphatic carbocycles. The molecular formula is C35H63F2O5P. The van der Waals surface area contributed by atoms with Crippen LogP contribution in [-0.4, -0.2) is 28.8 Å². The SMILES string of the molecule is CCCCCCCCCCCCCCCCCCOC(C=O)Cc1cc(C(C)(C)C)c(OP(O)(O)(F)F)c(C(C)(C)C)c1.